The number of hydrogen-bond donors (Lipinski definition) is 2. The lowest BCUT2D eigenvalue weighted by Gasteiger charge is -2.09. The molecule has 0 fully saturated rings. The van der Waals surface area contributed by atoms with Crippen LogP contribution in [-0.2, 0) is 0 Å². The molecule has 5 nitrogen and oxygen atoms in total. The Morgan fingerprint density at radius 2 is 1.66 bits per heavy atom. The van der Waals surface area contributed by atoms with Gasteiger partial charge in [0.15, 0.2) is 5.65 Å². The van der Waals surface area contributed by atoms with E-state index in [9.17, 15) is 4.79 Å². The van der Waals surface area contributed by atoms with Gasteiger partial charge in [-0.3, -0.25) is 9.89 Å². The SMILES string of the molecule is CCCCCNC(=O)c1cc(-c2ccccc2)nc2n[nH]c(-c3ccccc3)c12. The van der Waals surface area contributed by atoms with Crippen molar-refractivity contribution < 1.29 is 4.79 Å². The molecule has 0 atom stereocenters. The summed E-state index contributed by atoms with van der Waals surface area (Å²) >= 11 is 0. The summed E-state index contributed by atoms with van der Waals surface area (Å²) in [7, 11) is 0. The highest BCUT2D eigenvalue weighted by Gasteiger charge is 2.20. The molecule has 0 unspecified atom stereocenters. The first-order chi connectivity index (χ1) is 14.3. The second-order valence-electron chi connectivity index (χ2n) is 7.05. The Morgan fingerprint density at radius 1 is 0.966 bits per heavy atom. The van der Waals surface area contributed by atoms with Gasteiger partial charge in [-0.2, -0.15) is 5.10 Å². The monoisotopic (exact) mass is 384 g/mol. The van der Waals surface area contributed by atoms with E-state index in [1.807, 2.05) is 66.7 Å². The number of benzene rings is 2. The van der Waals surface area contributed by atoms with Crippen molar-refractivity contribution in [2.24, 2.45) is 0 Å². The zero-order valence-electron chi connectivity index (χ0n) is 16.5. The van der Waals surface area contributed by atoms with E-state index in [1.54, 1.807) is 0 Å². The van der Waals surface area contributed by atoms with Crippen LogP contribution in [0.15, 0.2) is 66.7 Å². The number of unbranched alkanes of at least 4 members (excludes halogenated alkanes) is 2. The average Bonchev–Trinajstić information content (AvgIpc) is 3.21. The van der Waals surface area contributed by atoms with Crippen molar-refractivity contribution in [3.8, 4) is 22.5 Å². The number of carbonyl (C=O) groups excluding carboxylic acids is 1. The van der Waals surface area contributed by atoms with Crippen molar-refractivity contribution in [1.82, 2.24) is 20.5 Å². The number of aromatic amines is 1. The van der Waals surface area contributed by atoms with Crippen LogP contribution < -0.4 is 5.32 Å². The van der Waals surface area contributed by atoms with Crippen molar-refractivity contribution >= 4 is 16.9 Å². The standard InChI is InChI=1S/C24H24N4O/c1-2-3-10-15-25-24(29)19-16-20(17-11-6-4-7-12-17)26-23-21(19)22(27-28-23)18-13-8-5-9-14-18/h4-9,11-14,16H,2-3,10,15H2,1H3,(H,25,29)(H,26,27,28). The Kier molecular flexibility index (Phi) is 5.66. The van der Waals surface area contributed by atoms with Gasteiger partial charge in [-0.1, -0.05) is 80.4 Å². The molecule has 29 heavy (non-hydrogen) atoms. The van der Waals surface area contributed by atoms with Gasteiger partial charge in [-0.25, -0.2) is 4.98 Å². The number of H-pyrrole nitrogens is 1. The molecule has 0 bridgehead atoms. The van der Waals surface area contributed by atoms with Gasteiger partial charge in [-0.05, 0) is 12.5 Å². The summed E-state index contributed by atoms with van der Waals surface area (Å²) in [4.78, 5) is 17.8. The van der Waals surface area contributed by atoms with Crippen molar-refractivity contribution in [2.45, 2.75) is 26.2 Å². The molecule has 146 valence electrons. The molecule has 2 aromatic carbocycles. The number of carbonyl (C=O) groups is 1. The molecule has 4 aromatic rings. The quantitative estimate of drug-likeness (QED) is 0.430. The van der Waals surface area contributed by atoms with Crippen LogP contribution >= 0.6 is 0 Å². The third-order valence-electron chi connectivity index (χ3n) is 4.97. The number of amides is 1. The highest BCUT2D eigenvalue weighted by atomic mass is 16.1. The number of pyridine rings is 1. The molecule has 2 aromatic heterocycles. The third-order valence-corrected chi connectivity index (χ3v) is 4.97. The van der Waals surface area contributed by atoms with E-state index < -0.39 is 0 Å². The minimum atomic E-state index is -0.0933. The maximum absolute atomic E-state index is 13.1. The summed E-state index contributed by atoms with van der Waals surface area (Å²) < 4.78 is 0. The van der Waals surface area contributed by atoms with E-state index in [4.69, 9.17) is 4.98 Å². The van der Waals surface area contributed by atoms with Crippen LogP contribution in [0.5, 0.6) is 0 Å². The molecule has 0 aliphatic carbocycles. The Labute approximate surface area is 170 Å². The topological polar surface area (TPSA) is 70.7 Å². The lowest BCUT2D eigenvalue weighted by molar-refractivity contribution is 0.0954. The van der Waals surface area contributed by atoms with Gasteiger partial charge in [0.2, 0.25) is 0 Å². The number of aromatic nitrogens is 3. The number of nitrogens with one attached hydrogen (secondary N) is 2. The number of nitrogens with zero attached hydrogens (tertiary/aromatic N) is 2. The largest absolute Gasteiger partial charge is 0.352 e. The first-order valence-electron chi connectivity index (χ1n) is 10.1. The zero-order valence-corrected chi connectivity index (χ0v) is 16.5. The van der Waals surface area contributed by atoms with Gasteiger partial charge < -0.3 is 5.32 Å². The fourth-order valence-electron chi connectivity index (χ4n) is 3.45. The van der Waals surface area contributed by atoms with Gasteiger partial charge >= 0.3 is 0 Å². The minimum Gasteiger partial charge on any atom is -0.352 e. The zero-order chi connectivity index (χ0) is 20.1. The second-order valence-corrected chi connectivity index (χ2v) is 7.05. The summed E-state index contributed by atoms with van der Waals surface area (Å²) in [5, 5.41) is 11.3. The fourth-order valence-corrected chi connectivity index (χ4v) is 3.45. The maximum Gasteiger partial charge on any atom is 0.252 e. The summed E-state index contributed by atoms with van der Waals surface area (Å²) in [6, 6.07) is 21.6. The molecule has 2 N–H and O–H groups in total. The molecular formula is C24H24N4O. The van der Waals surface area contributed by atoms with Crippen molar-refractivity contribution in [3.05, 3.63) is 72.3 Å². The van der Waals surface area contributed by atoms with Crippen LogP contribution in [0.4, 0.5) is 0 Å². The Hall–Kier alpha value is -3.47. The average molecular weight is 384 g/mol. The Morgan fingerprint density at radius 3 is 2.34 bits per heavy atom. The van der Waals surface area contributed by atoms with Gasteiger partial charge in [0.25, 0.3) is 5.91 Å². The summed E-state index contributed by atoms with van der Waals surface area (Å²) in [5.74, 6) is -0.0933. The highest BCUT2D eigenvalue weighted by molar-refractivity contribution is 6.10. The molecule has 0 spiro atoms. The van der Waals surface area contributed by atoms with Crippen LogP contribution in [0.25, 0.3) is 33.5 Å². The van der Waals surface area contributed by atoms with Crippen molar-refractivity contribution in [3.63, 3.8) is 0 Å². The van der Waals surface area contributed by atoms with Crippen molar-refractivity contribution in [1.29, 1.82) is 0 Å². The molecule has 4 rings (SSSR count). The molecule has 0 radical (unpaired) electrons. The fraction of sp³-hybridized carbons (Fsp3) is 0.208. The molecule has 5 heteroatoms. The van der Waals surface area contributed by atoms with Crippen LogP contribution in [-0.4, -0.2) is 27.6 Å². The predicted octanol–water partition coefficient (Wildman–Crippen LogP) is 5.21. The number of fused-ring (bicyclic) bond motifs is 1. The molecule has 2 heterocycles. The summed E-state index contributed by atoms with van der Waals surface area (Å²) in [6.45, 7) is 2.81. The second kappa shape index (κ2) is 8.69. The van der Waals surface area contributed by atoms with E-state index in [-0.39, 0.29) is 5.91 Å². The van der Waals surface area contributed by atoms with E-state index in [0.717, 1.165) is 47.2 Å². The normalized spacial score (nSPS) is 10.9. The lowest BCUT2D eigenvalue weighted by Crippen LogP contribution is -2.24. The van der Waals surface area contributed by atoms with Crippen molar-refractivity contribution in [2.75, 3.05) is 6.54 Å². The van der Waals surface area contributed by atoms with E-state index in [2.05, 4.69) is 22.4 Å². The predicted molar refractivity (Wildman–Crippen MR) is 117 cm³/mol. The first kappa shape index (κ1) is 18.9. The Bertz CT molecular complexity index is 1100. The molecule has 0 aliphatic rings. The number of rotatable bonds is 7. The van der Waals surface area contributed by atoms with Crippen LogP contribution in [0.1, 0.15) is 36.5 Å². The van der Waals surface area contributed by atoms with Crippen LogP contribution in [0.2, 0.25) is 0 Å². The van der Waals surface area contributed by atoms with Gasteiger partial charge in [0, 0.05) is 17.7 Å². The highest BCUT2D eigenvalue weighted by Crippen LogP contribution is 2.31. The smallest absolute Gasteiger partial charge is 0.252 e. The third kappa shape index (κ3) is 4.04. The lowest BCUT2D eigenvalue weighted by atomic mass is 10.0. The van der Waals surface area contributed by atoms with Crippen LogP contribution in [0, 0.1) is 0 Å². The maximum atomic E-state index is 13.1. The Balaban J connectivity index is 1.82. The summed E-state index contributed by atoms with van der Waals surface area (Å²) in [5.41, 5.74) is 4.62. The number of hydrogen-bond acceptors (Lipinski definition) is 3. The first-order valence-corrected chi connectivity index (χ1v) is 10.1. The van der Waals surface area contributed by atoms with E-state index in [0.29, 0.717) is 17.8 Å². The summed E-state index contributed by atoms with van der Waals surface area (Å²) in [6.07, 6.45) is 3.19. The van der Waals surface area contributed by atoms with Gasteiger partial charge in [0.1, 0.15) is 0 Å². The van der Waals surface area contributed by atoms with E-state index >= 15 is 0 Å². The van der Waals surface area contributed by atoms with E-state index in [1.165, 1.54) is 0 Å². The minimum absolute atomic E-state index is 0.0933. The molecule has 0 aliphatic heterocycles. The van der Waals surface area contributed by atoms with Crippen LogP contribution in [0.3, 0.4) is 0 Å². The molecule has 1 amide bonds. The molecule has 0 saturated carbocycles. The van der Waals surface area contributed by atoms with Gasteiger partial charge in [-0.15, -0.1) is 0 Å². The van der Waals surface area contributed by atoms with Gasteiger partial charge in [0.05, 0.1) is 22.3 Å². The molecular weight excluding hydrogens is 360 g/mol. The molecule has 0 saturated heterocycles.